The zero-order valence-electron chi connectivity index (χ0n) is 17.0. The van der Waals surface area contributed by atoms with Gasteiger partial charge in [-0.15, -0.1) is 0 Å². The zero-order chi connectivity index (χ0) is 20.4. The molecule has 1 aliphatic heterocycles. The summed E-state index contributed by atoms with van der Waals surface area (Å²) >= 11 is 0. The number of carbonyl (C=O) groups excluding carboxylic acids is 1. The molecule has 1 fully saturated rings. The van der Waals surface area contributed by atoms with Crippen molar-refractivity contribution < 1.29 is 14.1 Å². The second kappa shape index (κ2) is 8.07. The van der Waals surface area contributed by atoms with E-state index >= 15 is 0 Å². The molecule has 1 atom stereocenters. The van der Waals surface area contributed by atoms with E-state index in [0.29, 0.717) is 37.1 Å². The Bertz CT molecular complexity index is 977. The average Bonchev–Trinajstić information content (AvgIpc) is 3.36. The molecule has 2 aromatic carbocycles. The van der Waals surface area contributed by atoms with Crippen LogP contribution in [0, 0.1) is 0 Å². The number of amides is 1. The Balaban J connectivity index is 1.43. The molecule has 1 aromatic heterocycles. The third kappa shape index (κ3) is 4.16. The van der Waals surface area contributed by atoms with Crippen LogP contribution in [0.25, 0.3) is 11.5 Å². The number of hydrogen-bond acceptors (Lipinski definition) is 5. The van der Waals surface area contributed by atoms with Gasteiger partial charge >= 0.3 is 0 Å². The highest BCUT2D eigenvalue weighted by atomic mass is 16.5. The van der Waals surface area contributed by atoms with Crippen LogP contribution in [-0.2, 0) is 11.3 Å². The lowest BCUT2D eigenvalue weighted by Crippen LogP contribution is -2.24. The average molecular weight is 391 g/mol. The first-order chi connectivity index (χ1) is 14.0. The number of nitrogens with zero attached hydrogens (tertiary/aromatic N) is 3. The molecule has 0 N–H and O–H groups in total. The van der Waals surface area contributed by atoms with Crippen molar-refractivity contribution in [2.24, 2.45) is 0 Å². The Hall–Kier alpha value is -3.15. The third-order valence-electron chi connectivity index (χ3n) is 5.38. The van der Waals surface area contributed by atoms with Crippen molar-refractivity contribution in [2.75, 3.05) is 13.7 Å². The maximum absolute atomic E-state index is 12.5. The largest absolute Gasteiger partial charge is 0.497 e. The number of rotatable bonds is 6. The monoisotopic (exact) mass is 391 g/mol. The Morgan fingerprint density at radius 3 is 2.52 bits per heavy atom. The number of methoxy groups -OCH3 is 1. The van der Waals surface area contributed by atoms with Gasteiger partial charge in [-0.05, 0) is 41.3 Å². The number of likely N-dealkylation sites (tertiary alicyclic amines) is 1. The number of ether oxygens (including phenoxy) is 1. The normalized spacial score (nSPS) is 16.6. The van der Waals surface area contributed by atoms with Gasteiger partial charge in [-0.3, -0.25) is 4.79 Å². The molecule has 6 heteroatoms. The van der Waals surface area contributed by atoms with E-state index in [9.17, 15) is 4.79 Å². The van der Waals surface area contributed by atoms with Gasteiger partial charge in [0.1, 0.15) is 5.75 Å². The van der Waals surface area contributed by atoms with E-state index in [1.165, 1.54) is 5.56 Å². The predicted octanol–water partition coefficient (Wildman–Crippen LogP) is 4.38. The maximum atomic E-state index is 12.5. The van der Waals surface area contributed by atoms with Gasteiger partial charge < -0.3 is 14.2 Å². The smallest absolute Gasteiger partial charge is 0.257 e. The number of aromatic nitrogens is 2. The summed E-state index contributed by atoms with van der Waals surface area (Å²) in [7, 11) is 1.63. The Kier molecular flexibility index (Phi) is 5.34. The van der Waals surface area contributed by atoms with Crippen LogP contribution in [0.5, 0.6) is 5.75 Å². The van der Waals surface area contributed by atoms with Crippen LogP contribution in [-0.4, -0.2) is 34.6 Å². The van der Waals surface area contributed by atoms with Crippen molar-refractivity contribution in [3.05, 3.63) is 65.5 Å². The molecule has 6 nitrogen and oxygen atoms in total. The molecule has 0 aliphatic carbocycles. The molecule has 0 saturated carbocycles. The van der Waals surface area contributed by atoms with Gasteiger partial charge in [-0.25, -0.2) is 0 Å². The van der Waals surface area contributed by atoms with Crippen molar-refractivity contribution in [3.8, 4) is 17.2 Å². The first-order valence-electron chi connectivity index (χ1n) is 9.88. The van der Waals surface area contributed by atoms with E-state index in [1.54, 1.807) is 7.11 Å². The molecule has 1 saturated heterocycles. The second-order valence-electron chi connectivity index (χ2n) is 7.76. The molecule has 1 unspecified atom stereocenters. The summed E-state index contributed by atoms with van der Waals surface area (Å²) in [5.74, 6) is 2.39. The molecule has 2 heterocycles. The molecule has 0 spiro atoms. The van der Waals surface area contributed by atoms with Gasteiger partial charge in [-0.2, -0.15) is 4.98 Å². The van der Waals surface area contributed by atoms with Gasteiger partial charge in [-0.1, -0.05) is 43.3 Å². The number of hydrogen-bond donors (Lipinski definition) is 0. The molecular weight excluding hydrogens is 366 g/mol. The first kappa shape index (κ1) is 19.2. The maximum Gasteiger partial charge on any atom is 0.257 e. The van der Waals surface area contributed by atoms with Crippen molar-refractivity contribution in [1.82, 2.24) is 15.0 Å². The standard InChI is InChI=1S/C23H25N3O3/c1-15(2)17-6-4-16(5-7-17)13-26-14-19(12-21(26)27)22-24-23(29-25-22)18-8-10-20(28-3)11-9-18/h4-11,15,19H,12-14H2,1-3H3. The van der Waals surface area contributed by atoms with Crippen LogP contribution in [0.3, 0.4) is 0 Å². The lowest BCUT2D eigenvalue weighted by molar-refractivity contribution is -0.128. The van der Waals surface area contributed by atoms with E-state index in [-0.39, 0.29) is 11.8 Å². The van der Waals surface area contributed by atoms with Gasteiger partial charge in [0.05, 0.1) is 7.11 Å². The summed E-state index contributed by atoms with van der Waals surface area (Å²) in [5.41, 5.74) is 3.27. The Morgan fingerprint density at radius 1 is 1.14 bits per heavy atom. The molecule has 3 aromatic rings. The molecule has 29 heavy (non-hydrogen) atoms. The molecule has 1 aliphatic rings. The summed E-state index contributed by atoms with van der Waals surface area (Å²) in [6.07, 6.45) is 0.408. The molecule has 1 amide bonds. The lowest BCUT2D eigenvalue weighted by atomic mass is 10.0. The van der Waals surface area contributed by atoms with Crippen LogP contribution in [0.1, 0.15) is 49.1 Å². The first-order valence-corrected chi connectivity index (χ1v) is 9.88. The van der Waals surface area contributed by atoms with Crippen molar-refractivity contribution in [2.45, 2.75) is 38.6 Å². The molecular formula is C23H25N3O3. The fraction of sp³-hybridized carbons (Fsp3) is 0.348. The summed E-state index contributed by atoms with van der Waals surface area (Å²) in [5, 5.41) is 4.13. The van der Waals surface area contributed by atoms with Crippen molar-refractivity contribution in [3.63, 3.8) is 0 Å². The van der Waals surface area contributed by atoms with Gasteiger partial charge in [0.25, 0.3) is 5.89 Å². The topological polar surface area (TPSA) is 68.5 Å². The Labute approximate surface area is 170 Å². The van der Waals surface area contributed by atoms with Crippen LogP contribution < -0.4 is 4.74 Å². The second-order valence-corrected chi connectivity index (χ2v) is 7.76. The van der Waals surface area contributed by atoms with E-state index in [4.69, 9.17) is 9.26 Å². The predicted molar refractivity (Wildman–Crippen MR) is 110 cm³/mol. The van der Waals surface area contributed by atoms with E-state index in [2.05, 4.69) is 48.3 Å². The van der Waals surface area contributed by atoms with E-state index < -0.39 is 0 Å². The minimum absolute atomic E-state index is 0.0480. The lowest BCUT2D eigenvalue weighted by Gasteiger charge is -2.16. The zero-order valence-corrected chi connectivity index (χ0v) is 17.0. The Morgan fingerprint density at radius 2 is 1.86 bits per heavy atom. The van der Waals surface area contributed by atoms with Crippen LogP contribution >= 0.6 is 0 Å². The van der Waals surface area contributed by atoms with Crippen molar-refractivity contribution >= 4 is 5.91 Å². The van der Waals surface area contributed by atoms with Crippen LogP contribution in [0.4, 0.5) is 0 Å². The van der Waals surface area contributed by atoms with Crippen molar-refractivity contribution in [1.29, 1.82) is 0 Å². The number of carbonyl (C=O) groups is 1. The molecule has 0 bridgehead atoms. The number of benzene rings is 2. The third-order valence-corrected chi connectivity index (χ3v) is 5.38. The van der Waals surface area contributed by atoms with Gasteiger partial charge in [0, 0.05) is 31.0 Å². The highest BCUT2D eigenvalue weighted by molar-refractivity contribution is 5.79. The molecule has 150 valence electrons. The fourth-order valence-electron chi connectivity index (χ4n) is 3.58. The summed E-state index contributed by atoms with van der Waals surface area (Å²) < 4.78 is 10.6. The van der Waals surface area contributed by atoms with Crippen LogP contribution in [0.15, 0.2) is 53.1 Å². The molecule has 4 rings (SSSR count). The minimum Gasteiger partial charge on any atom is -0.497 e. The minimum atomic E-state index is -0.0480. The fourth-order valence-corrected chi connectivity index (χ4v) is 3.58. The summed E-state index contributed by atoms with van der Waals surface area (Å²) in [6.45, 7) is 5.56. The van der Waals surface area contributed by atoms with Gasteiger partial charge in [0.2, 0.25) is 5.91 Å². The summed E-state index contributed by atoms with van der Waals surface area (Å²) in [6, 6.07) is 15.9. The van der Waals surface area contributed by atoms with E-state index in [0.717, 1.165) is 16.9 Å². The highest BCUT2D eigenvalue weighted by Crippen LogP contribution is 2.30. The summed E-state index contributed by atoms with van der Waals surface area (Å²) in [4.78, 5) is 18.9. The van der Waals surface area contributed by atoms with Crippen LogP contribution in [0.2, 0.25) is 0 Å². The highest BCUT2D eigenvalue weighted by Gasteiger charge is 2.33. The van der Waals surface area contributed by atoms with Gasteiger partial charge in [0.15, 0.2) is 5.82 Å². The SMILES string of the molecule is COc1ccc(-c2nc(C3CC(=O)N(Cc4ccc(C(C)C)cc4)C3)no2)cc1. The quantitative estimate of drug-likeness (QED) is 0.624. The molecule has 0 radical (unpaired) electrons. The van der Waals surface area contributed by atoms with E-state index in [1.807, 2.05) is 29.2 Å².